The van der Waals surface area contributed by atoms with Gasteiger partial charge in [-0.2, -0.15) is 4.57 Å². The first-order valence-corrected chi connectivity index (χ1v) is 7.34. The summed E-state index contributed by atoms with van der Waals surface area (Å²) in [6, 6.07) is 20.8. The molecule has 5 rings (SSSR count). The Morgan fingerprint density at radius 1 is 0.864 bits per heavy atom. The van der Waals surface area contributed by atoms with E-state index >= 15 is 0 Å². The highest BCUT2D eigenvalue weighted by atomic mass is 16.5. The molecular formula is C19H13N2O+. The first-order chi connectivity index (χ1) is 10.9. The van der Waals surface area contributed by atoms with Crippen molar-refractivity contribution < 1.29 is 9.30 Å². The lowest BCUT2D eigenvalue weighted by atomic mass is 10.0. The average Bonchev–Trinajstić information content (AvgIpc) is 2.60. The summed E-state index contributed by atoms with van der Waals surface area (Å²) in [6.07, 6.45) is 1.85. The Bertz CT molecular complexity index is 1040. The molecule has 0 radical (unpaired) electrons. The number of hydrogen-bond donors (Lipinski definition) is 0. The maximum Gasteiger partial charge on any atom is 0.293 e. The molecule has 0 amide bonds. The molecule has 3 heterocycles. The average molecular weight is 285 g/mol. The number of pyridine rings is 2. The minimum Gasteiger partial charge on any atom is -0.435 e. The van der Waals surface area contributed by atoms with Gasteiger partial charge in [0.15, 0.2) is 0 Å². The maximum atomic E-state index is 5.94. The molecule has 0 saturated carbocycles. The Kier molecular flexibility index (Phi) is 2.27. The lowest BCUT2D eigenvalue weighted by Gasteiger charge is -2.17. The SMILES string of the molecule is c1ccc2c(c1)OC[n+]1c-2ccc2ccc3cccnc3c21. The molecule has 22 heavy (non-hydrogen) atoms. The monoisotopic (exact) mass is 285 g/mol. The van der Waals surface area contributed by atoms with Crippen molar-refractivity contribution in [2.75, 3.05) is 0 Å². The molecule has 3 heteroatoms. The number of benzene rings is 2. The van der Waals surface area contributed by atoms with Gasteiger partial charge in [0, 0.05) is 23.0 Å². The zero-order valence-corrected chi connectivity index (χ0v) is 11.9. The zero-order chi connectivity index (χ0) is 14.5. The molecule has 4 aromatic rings. The lowest BCUT2D eigenvalue weighted by Crippen LogP contribution is -2.42. The van der Waals surface area contributed by atoms with Crippen LogP contribution in [0.4, 0.5) is 0 Å². The van der Waals surface area contributed by atoms with E-state index in [0.717, 1.165) is 27.7 Å². The van der Waals surface area contributed by atoms with E-state index in [0.29, 0.717) is 6.73 Å². The molecule has 0 bridgehead atoms. The number of ether oxygens (including phenoxy) is 1. The van der Waals surface area contributed by atoms with Crippen molar-refractivity contribution >= 4 is 21.8 Å². The fourth-order valence-corrected chi connectivity index (χ4v) is 3.25. The van der Waals surface area contributed by atoms with E-state index in [4.69, 9.17) is 4.74 Å². The topological polar surface area (TPSA) is 26.0 Å². The minimum absolute atomic E-state index is 0.513. The van der Waals surface area contributed by atoms with E-state index in [1.165, 1.54) is 11.1 Å². The molecule has 1 aliphatic rings. The minimum atomic E-state index is 0.513. The summed E-state index contributed by atoms with van der Waals surface area (Å²) < 4.78 is 8.16. The molecule has 0 aliphatic carbocycles. The summed E-state index contributed by atoms with van der Waals surface area (Å²) in [6.45, 7) is 0.513. The summed E-state index contributed by atoms with van der Waals surface area (Å²) in [5.41, 5.74) is 4.45. The van der Waals surface area contributed by atoms with Crippen molar-refractivity contribution in [3.05, 3.63) is 66.9 Å². The second kappa shape index (κ2) is 4.28. The van der Waals surface area contributed by atoms with Gasteiger partial charge in [-0.1, -0.05) is 24.3 Å². The van der Waals surface area contributed by atoms with Crippen LogP contribution in [0.2, 0.25) is 0 Å². The van der Waals surface area contributed by atoms with Gasteiger partial charge in [-0.25, -0.2) is 4.98 Å². The van der Waals surface area contributed by atoms with E-state index < -0.39 is 0 Å². The third-order valence-electron chi connectivity index (χ3n) is 4.27. The molecule has 0 saturated heterocycles. The molecular weight excluding hydrogens is 272 g/mol. The first kappa shape index (κ1) is 11.7. The smallest absolute Gasteiger partial charge is 0.293 e. The van der Waals surface area contributed by atoms with Crippen LogP contribution in [0.25, 0.3) is 33.1 Å². The first-order valence-electron chi connectivity index (χ1n) is 7.34. The maximum absolute atomic E-state index is 5.94. The van der Waals surface area contributed by atoms with Gasteiger partial charge >= 0.3 is 0 Å². The van der Waals surface area contributed by atoms with Crippen LogP contribution >= 0.6 is 0 Å². The van der Waals surface area contributed by atoms with Crippen LogP contribution in [0.5, 0.6) is 5.75 Å². The molecule has 0 atom stereocenters. The summed E-state index contributed by atoms with van der Waals surface area (Å²) in [4.78, 5) is 4.60. The van der Waals surface area contributed by atoms with Crippen LogP contribution < -0.4 is 9.30 Å². The standard InChI is InChI=1S/C19H13N2O/c1-2-6-17-15(5-1)16-10-9-14-8-7-13-4-3-11-20-18(13)19(14)21(16)12-22-17/h1-11H,12H2/q+1. The molecule has 0 fully saturated rings. The van der Waals surface area contributed by atoms with Crippen molar-refractivity contribution in [2.24, 2.45) is 0 Å². The van der Waals surface area contributed by atoms with Crippen LogP contribution in [0, 0.1) is 0 Å². The Hall–Kier alpha value is -2.94. The molecule has 1 aliphatic heterocycles. The van der Waals surface area contributed by atoms with E-state index in [-0.39, 0.29) is 0 Å². The van der Waals surface area contributed by atoms with Gasteiger partial charge in [0.25, 0.3) is 6.73 Å². The van der Waals surface area contributed by atoms with Gasteiger partial charge < -0.3 is 4.74 Å². The van der Waals surface area contributed by atoms with Crippen molar-refractivity contribution in [1.29, 1.82) is 0 Å². The normalized spacial score (nSPS) is 12.7. The predicted octanol–water partition coefficient (Wildman–Crippen LogP) is 3.69. The fourth-order valence-electron chi connectivity index (χ4n) is 3.25. The molecule has 2 aromatic heterocycles. The van der Waals surface area contributed by atoms with Crippen LogP contribution in [-0.2, 0) is 6.73 Å². The number of hydrogen-bond acceptors (Lipinski definition) is 2. The number of fused-ring (bicyclic) bond motifs is 7. The Morgan fingerprint density at radius 3 is 2.73 bits per heavy atom. The largest absolute Gasteiger partial charge is 0.435 e. The van der Waals surface area contributed by atoms with E-state index in [1.54, 1.807) is 0 Å². The quantitative estimate of drug-likeness (QED) is 0.364. The van der Waals surface area contributed by atoms with E-state index in [2.05, 4.69) is 45.9 Å². The molecule has 3 nitrogen and oxygen atoms in total. The van der Waals surface area contributed by atoms with E-state index in [1.807, 2.05) is 30.5 Å². The Morgan fingerprint density at radius 2 is 1.73 bits per heavy atom. The highest BCUT2D eigenvalue weighted by molar-refractivity contribution is 6.01. The molecule has 2 aromatic carbocycles. The number of rotatable bonds is 0. The highest BCUT2D eigenvalue weighted by Crippen LogP contribution is 2.32. The molecule has 104 valence electrons. The van der Waals surface area contributed by atoms with Crippen molar-refractivity contribution in [1.82, 2.24) is 4.98 Å². The summed E-state index contributed by atoms with van der Waals surface area (Å²) in [5, 5.41) is 2.33. The Labute approximate surface area is 127 Å². The summed E-state index contributed by atoms with van der Waals surface area (Å²) in [7, 11) is 0. The third kappa shape index (κ3) is 1.51. The van der Waals surface area contributed by atoms with Gasteiger partial charge in [-0.05, 0) is 30.3 Å². The Balaban J connectivity index is 1.96. The van der Waals surface area contributed by atoms with Gasteiger partial charge in [0.05, 0.1) is 5.56 Å². The number of nitrogens with zero attached hydrogens (tertiary/aromatic N) is 2. The van der Waals surface area contributed by atoms with E-state index in [9.17, 15) is 0 Å². The molecule has 0 N–H and O–H groups in total. The number of aromatic nitrogens is 2. The van der Waals surface area contributed by atoms with Crippen LogP contribution in [-0.4, -0.2) is 4.98 Å². The predicted molar refractivity (Wildman–Crippen MR) is 85.5 cm³/mol. The van der Waals surface area contributed by atoms with Crippen molar-refractivity contribution in [3.8, 4) is 17.0 Å². The second-order valence-corrected chi connectivity index (χ2v) is 5.49. The third-order valence-corrected chi connectivity index (χ3v) is 4.27. The zero-order valence-electron chi connectivity index (χ0n) is 11.9. The number of para-hydroxylation sites is 1. The van der Waals surface area contributed by atoms with Gasteiger partial charge in [-0.15, -0.1) is 0 Å². The van der Waals surface area contributed by atoms with Gasteiger partial charge in [0.1, 0.15) is 11.3 Å². The summed E-state index contributed by atoms with van der Waals surface area (Å²) in [5.74, 6) is 0.940. The molecule has 0 unspecified atom stereocenters. The highest BCUT2D eigenvalue weighted by Gasteiger charge is 2.27. The van der Waals surface area contributed by atoms with Crippen LogP contribution in [0.3, 0.4) is 0 Å². The van der Waals surface area contributed by atoms with Gasteiger partial charge in [-0.3, -0.25) is 0 Å². The lowest BCUT2D eigenvalue weighted by molar-refractivity contribution is -0.692. The van der Waals surface area contributed by atoms with Crippen LogP contribution in [0.1, 0.15) is 0 Å². The second-order valence-electron chi connectivity index (χ2n) is 5.49. The summed E-state index contributed by atoms with van der Waals surface area (Å²) >= 11 is 0. The van der Waals surface area contributed by atoms with Gasteiger partial charge in [0.2, 0.25) is 11.2 Å². The molecule has 0 spiro atoms. The van der Waals surface area contributed by atoms with Crippen molar-refractivity contribution in [3.63, 3.8) is 0 Å². The fraction of sp³-hybridized carbons (Fsp3) is 0.0526. The van der Waals surface area contributed by atoms with Crippen LogP contribution in [0.15, 0.2) is 66.9 Å². The van der Waals surface area contributed by atoms with Crippen molar-refractivity contribution in [2.45, 2.75) is 6.73 Å².